The van der Waals surface area contributed by atoms with Gasteiger partial charge >= 0.3 is 0 Å². The van der Waals surface area contributed by atoms with Crippen molar-refractivity contribution in [1.29, 1.82) is 0 Å². The first-order chi connectivity index (χ1) is 12.0. The number of thiophene rings is 1. The fourth-order valence-corrected chi connectivity index (χ4v) is 5.35. The molecule has 0 saturated heterocycles. The Morgan fingerprint density at radius 2 is 1.92 bits per heavy atom. The van der Waals surface area contributed by atoms with Crippen molar-refractivity contribution >= 4 is 32.7 Å². The van der Waals surface area contributed by atoms with Gasteiger partial charge in [0.15, 0.2) is 0 Å². The van der Waals surface area contributed by atoms with Gasteiger partial charge in [-0.25, -0.2) is 18.1 Å². The van der Waals surface area contributed by atoms with Crippen molar-refractivity contribution in [2.75, 3.05) is 7.11 Å². The number of nitrogens with zero attached hydrogens (tertiary/aromatic N) is 1. The summed E-state index contributed by atoms with van der Waals surface area (Å²) in [6, 6.07) is 11.1. The van der Waals surface area contributed by atoms with Gasteiger partial charge in [0.2, 0.25) is 10.0 Å². The van der Waals surface area contributed by atoms with E-state index in [2.05, 4.69) is 9.71 Å². The number of benzene rings is 1. The lowest BCUT2D eigenvalue weighted by molar-refractivity contribution is 0.415. The Bertz CT molecular complexity index is 944. The van der Waals surface area contributed by atoms with E-state index < -0.39 is 10.0 Å². The Kier molecular flexibility index (Phi) is 5.53. The number of methoxy groups -OCH3 is 1. The monoisotopic (exact) mass is 394 g/mol. The molecule has 1 N–H and O–H groups in total. The van der Waals surface area contributed by atoms with E-state index in [1.165, 1.54) is 22.7 Å². The third kappa shape index (κ3) is 4.27. The summed E-state index contributed by atoms with van der Waals surface area (Å²) in [5.74, 6) is 0.788. The van der Waals surface area contributed by atoms with E-state index in [1.807, 2.05) is 42.6 Å². The number of sulfonamides is 1. The van der Waals surface area contributed by atoms with Crippen LogP contribution in [0.5, 0.6) is 5.75 Å². The molecule has 132 valence electrons. The molecule has 0 bridgehead atoms. The van der Waals surface area contributed by atoms with Crippen molar-refractivity contribution in [2.45, 2.75) is 24.1 Å². The number of hydrogen-bond acceptors (Lipinski definition) is 6. The summed E-state index contributed by atoms with van der Waals surface area (Å²) in [6.07, 6.45) is 0.831. The van der Waals surface area contributed by atoms with Crippen molar-refractivity contribution in [3.05, 3.63) is 52.3 Å². The minimum atomic E-state index is -3.50. The lowest BCUT2D eigenvalue weighted by Crippen LogP contribution is -2.22. The second kappa shape index (κ2) is 7.65. The highest BCUT2D eigenvalue weighted by Crippen LogP contribution is 2.26. The number of rotatable bonds is 7. The van der Waals surface area contributed by atoms with Crippen LogP contribution in [-0.4, -0.2) is 20.5 Å². The van der Waals surface area contributed by atoms with Gasteiger partial charge in [0, 0.05) is 15.8 Å². The zero-order valence-corrected chi connectivity index (χ0v) is 16.3. The Hall–Kier alpha value is -1.74. The highest BCUT2D eigenvalue weighted by molar-refractivity contribution is 7.91. The maximum Gasteiger partial charge on any atom is 0.250 e. The van der Waals surface area contributed by atoms with Crippen molar-refractivity contribution in [3.63, 3.8) is 0 Å². The summed E-state index contributed by atoms with van der Waals surface area (Å²) in [5.41, 5.74) is 1.68. The van der Waals surface area contributed by atoms with Crippen LogP contribution in [0.3, 0.4) is 0 Å². The molecule has 8 heteroatoms. The minimum absolute atomic E-state index is 0.175. The molecule has 1 aromatic carbocycles. The SMILES string of the molecule is CCc1ccc(S(=O)(=O)NCc2csc(-c3ccc(OC)cc3)n2)s1. The number of ether oxygens (including phenoxy) is 1. The summed E-state index contributed by atoms with van der Waals surface area (Å²) >= 11 is 2.79. The van der Waals surface area contributed by atoms with Crippen LogP contribution in [0, 0.1) is 0 Å². The molecule has 0 fully saturated rings. The molecule has 0 aliphatic carbocycles. The topological polar surface area (TPSA) is 68.3 Å². The molecule has 0 aliphatic rings. The van der Waals surface area contributed by atoms with Crippen molar-refractivity contribution in [3.8, 4) is 16.3 Å². The van der Waals surface area contributed by atoms with Gasteiger partial charge in [-0.3, -0.25) is 0 Å². The van der Waals surface area contributed by atoms with Crippen LogP contribution in [0.15, 0.2) is 46.0 Å². The summed E-state index contributed by atoms with van der Waals surface area (Å²) in [6.45, 7) is 2.18. The van der Waals surface area contributed by atoms with Gasteiger partial charge in [-0.15, -0.1) is 22.7 Å². The third-order valence-corrected chi connectivity index (χ3v) is 7.65. The maximum atomic E-state index is 12.3. The predicted octanol–water partition coefficient (Wildman–Crippen LogP) is 3.92. The predicted molar refractivity (Wildman–Crippen MR) is 102 cm³/mol. The molecule has 25 heavy (non-hydrogen) atoms. The molecule has 0 spiro atoms. The summed E-state index contributed by atoms with van der Waals surface area (Å²) < 4.78 is 32.8. The average Bonchev–Trinajstić information content (AvgIpc) is 3.30. The van der Waals surface area contributed by atoms with E-state index in [-0.39, 0.29) is 6.54 Å². The average molecular weight is 395 g/mol. The van der Waals surface area contributed by atoms with E-state index in [0.29, 0.717) is 9.90 Å². The van der Waals surface area contributed by atoms with Crippen LogP contribution < -0.4 is 9.46 Å². The number of hydrogen-bond donors (Lipinski definition) is 1. The van der Waals surface area contributed by atoms with Gasteiger partial charge in [0.25, 0.3) is 0 Å². The molecular formula is C17H18N2O3S3. The highest BCUT2D eigenvalue weighted by Gasteiger charge is 2.17. The minimum Gasteiger partial charge on any atom is -0.497 e. The van der Waals surface area contributed by atoms with Crippen molar-refractivity contribution < 1.29 is 13.2 Å². The summed E-state index contributed by atoms with van der Waals surface area (Å²) in [7, 11) is -1.87. The number of thiazole rings is 1. The first-order valence-corrected chi connectivity index (χ1v) is 10.9. The molecule has 0 amide bonds. The van der Waals surface area contributed by atoms with Gasteiger partial charge < -0.3 is 4.74 Å². The van der Waals surface area contributed by atoms with E-state index >= 15 is 0 Å². The van der Waals surface area contributed by atoms with Gasteiger partial charge in [0.05, 0.1) is 19.3 Å². The van der Waals surface area contributed by atoms with Crippen LogP contribution >= 0.6 is 22.7 Å². The molecule has 2 aromatic heterocycles. The van der Waals surface area contributed by atoms with Crippen LogP contribution in [0.1, 0.15) is 17.5 Å². The zero-order valence-electron chi connectivity index (χ0n) is 13.9. The Balaban J connectivity index is 1.68. The normalized spacial score (nSPS) is 11.6. The summed E-state index contributed by atoms with van der Waals surface area (Å²) in [4.78, 5) is 5.56. The van der Waals surface area contributed by atoms with E-state index in [4.69, 9.17) is 4.74 Å². The first kappa shape index (κ1) is 18.1. The van der Waals surface area contributed by atoms with Crippen LogP contribution in [-0.2, 0) is 23.0 Å². The van der Waals surface area contributed by atoms with Crippen molar-refractivity contribution in [2.24, 2.45) is 0 Å². The van der Waals surface area contributed by atoms with E-state index in [1.54, 1.807) is 13.2 Å². The molecule has 5 nitrogen and oxygen atoms in total. The fraction of sp³-hybridized carbons (Fsp3) is 0.235. The second-order valence-corrected chi connectivity index (χ2v) is 9.29. The maximum absolute atomic E-state index is 12.3. The number of nitrogens with one attached hydrogen (secondary N) is 1. The largest absolute Gasteiger partial charge is 0.497 e. The van der Waals surface area contributed by atoms with E-state index in [9.17, 15) is 8.42 Å². The standard InChI is InChI=1S/C17H18N2O3S3/c1-3-15-8-9-16(24-15)25(20,21)18-10-13-11-23-17(19-13)12-4-6-14(22-2)7-5-12/h4-9,11,18H,3,10H2,1-2H3. The Morgan fingerprint density at radius 1 is 1.16 bits per heavy atom. The Labute approximate surface area is 155 Å². The van der Waals surface area contributed by atoms with Crippen LogP contribution in [0.4, 0.5) is 0 Å². The number of aryl methyl sites for hydroxylation is 1. The van der Waals surface area contributed by atoms with E-state index in [0.717, 1.165) is 27.6 Å². The molecular weight excluding hydrogens is 376 g/mol. The third-order valence-electron chi connectivity index (χ3n) is 3.58. The molecule has 0 unspecified atom stereocenters. The molecule has 0 atom stereocenters. The van der Waals surface area contributed by atoms with Gasteiger partial charge in [-0.1, -0.05) is 6.92 Å². The second-order valence-electron chi connectivity index (χ2n) is 5.27. The zero-order chi connectivity index (χ0) is 17.9. The van der Waals surface area contributed by atoms with Gasteiger partial charge in [0.1, 0.15) is 15.0 Å². The first-order valence-electron chi connectivity index (χ1n) is 7.69. The fourth-order valence-electron chi connectivity index (χ4n) is 2.19. The quantitative estimate of drug-likeness (QED) is 0.659. The smallest absolute Gasteiger partial charge is 0.250 e. The molecule has 0 aliphatic heterocycles. The van der Waals surface area contributed by atoms with Crippen molar-refractivity contribution in [1.82, 2.24) is 9.71 Å². The molecule has 0 saturated carbocycles. The van der Waals surface area contributed by atoms with Gasteiger partial charge in [-0.05, 0) is 42.8 Å². The van der Waals surface area contributed by atoms with Gasteiger partial charge in [-0.2, -0.15) is 0 Å². The molecule has 3 aromatic rings. The summed E-state index contributed by atoms with van der Waals surface area (Å²) in [5, 5.41) is 2.72. The molecule has 0 radical (unpaired) electrons. The molecule has 3 rings (SSSR count). The lowest BCUT2D eigenvalue weighted by atomic mass is 10.2. The molecule has 2 heterocycles. The van der Waals surface area contributed by atoms with Crippen LogP contribution in [0.2, 0.25) is 0 Å². The van der Waals surface area contributed by atoms with Crippen LogP contribution in [0.25, 0.3) is 10.6 Å². The number of aromatic nitrogens is 1. The Morgan fingerprint density at radius 3 is 2.56 bits per heavy atom. The highest BCUT2D eigenvalue weighted by atomic mass is 32.2. The lowest BCUT2D eigenvalue weighted by Gasteiger charge is -2.02.